The molecule has 0 saturated heterocycles. The summed E-state index contributed by atoms with van der Waals surface area (Å²) in [6, 6.07) is 4.23. The number of rotatable bonds is 4. The predicted octanol–water partition coefficient (Wildman–Crippen LogP) is 1.92. The highest BCUT2D eigenvalue weighted by Crippen LogP contribution is 2.31. The summed E-state index contributed by atoms with van der Waals surface area (Å²) in [5.74, 6) is 0.00168. The third kappa shape index (κ3) is 4.22. The fraction of sp³-hybridized carbons (Fsp3) is 0.333. The molecule has 2 heterocycles. The van der Waals surface area contributed by atoms with Gasteiger partial charge in [0.25, 0.3) is 5.91 Å². The second-order valence-corrected chi connectivity index (χ2v) is 7.41. The molecule has 0 fully saturated rings. The van der Waals surface area contributed by atoms with Crippen molar-refractivity contribution in [3.05, 3.63) is 51.0 Å². The molecule has 1 aliphatic rings. The van der Waals surface area contributed by atoms with Crippen LogP contribution in [0.15, 0.2) is 27.8 Å². The lowest BCUT2D eigenvalue weighted by molar-refractivity contribution is -0.133. The van der Waals surface area contributed by atoms with Crippen LogP contribution >= 0.6 is 15.9 Å². The molecular formula is C18H20BrFN6O2. The number of oxime groups is 1. The Hall–Kier alpha value is -2.75. The van der Waals surface area contributed by atoms with Gasteiger partial charge in [-0.3, -0.25) is 4.79 Å². The maximum Gasteiger partial charge on any atom is 0.262 e. The topological polar surface area (TPSA) is 106 Å². The van der Waals surface area contributed by atoms with Crippen LogP contribution in [0.1, 0.15) is 28.6 Å². The summed E-state index contributed by atoms with van der Waals surface area (Å²) >= 11 is 3.40. The first-order valence-electron chi connectivity index (χ1n) is 8.51. The summed E-state index contributed by atoms with van der Waals surface area (Å²) in [4.78, 5) is 26.9. The number of hydrogen-bond donors (Lipinski definition) is 2. The normalized spacial score (nSPS) is 17.0. The minimum Gasteiger partial charge on any atom is -0.384 e. The second-order valence-electron chi connectivity index (χ2n) is 6.56. The van der Waals surface area contributed by atoms with E-state index in [0.717, 1.165) is 5.56 Å². The van der Waals surface area contributed by atoms with E-state index in [0.29, 0.717) is 33.7 Å². The molecule has 1 atom stereocenters. The Morgan fingerprint density at radius 1 is 1.46 bits per heavy atom. The minimum absolute atomic E-state index is 0.165. The summed E-state index contributed by atoms with van der Waals surface area (Å²) < 4.78 is 14.1. The molecular weight excluding hydrogens is 431 g/mol. The monoisotopic (exact) mass is 450 g/mol. The number of benzene rings is 1. The van der Waals surface area contributed by atoms with Crippen LogP contribution in [-0.4, -0.2) is 47.3 Å². The largest absolute Gasteiger partial charge is 0.384 e. The van der Waals surface area contributed by atoms with Crippen LogP contribution in [0.25, 0.3) is 0 Å². The van der Waals surface area contributed by atoms with Crippen LogP contribution in [0, 0.1) is 12.7 Å². The average Bonchev–Trinajstić information content (AvgIpc) is 2.60. The summed E-state index contributed by atoms with van der Waals surface area (Å²) in [6.45, 7) is 1.60. The number of nitrogen functional groups attached to an aromatic ring is 1. The van der Waals surface area contributed by atoms with E-state index in [9.17, 15) is 9.18 Å². The molecule has 1 aromatic heterocycles. The number of hydrogen-bond acceptors (Lipinski definition) is 6. The highest BCUT2D eigenvalue weighted by atomic mass is 79.9. The number of aryl methyl sites for hydroxylation is 1. The van der Waals surface area contributed by atoms with Gasteiger partial charge in [0.15, 0.2) is 12.4 Å². The predicted molar refractivity (Wildman–Crippen MR) is 106 cm³/mol. The number of amidine groups is 1. The van der Waals surface area contributed by atoms with Crippen LogP contribution in [0.3, 0.4) is 0 Å². The lowest BCUT2D eigenvalue weighted by atomic mass is 9.94. The lowest BCUT2D eigenvalue weighted by Gasteiger charge is -2.29. The molecule has 3 N–H and O–H groups in total. The van der Waals surface area contributed by atoms with Crippen molar-refractivity contribution in [2.45, 2.75) is 19.4 Å². The fourth-order valence-corrected chi connectivity index (χ4v) is 3.55. The second kappa shape index (κ2) is 8.09. The molecule has 0 radical (unpaired) electrons. The van der Waals surface area contributed by atoms with Crippen molar-refractivity contribution in [3.63, 3.8) is 0 Å². The van der Waals surface area contributed by atoms with Crippen molar-refractivity contribution in [2.75, 3.05) is 26.4 Å². The Balaban J connectivity index is 1.97. The zero-order valence-electron chi connectivity index (χ0n) is 15.7. The van der Waals surface area contributed by atoms with Gasteiger partial charge in [0, 0.05) is 25.0 Å². The van der Waals surface area contributed by atoms with Crippen molar-refractivity contribution >= 4 is 33.6 Å². The van der Waals surface area contributed by atoms with E-state index in [4.69, 9.17) is 10.6 Å². The number of halogens is 2. The van der Waals surface area contributed by atoms with Crippen LogP contribution in [0.2, 0.25) is 0 Å². The van der Waals surface area contributed by atoms with E-state index in [1.165, 1.54) is 17.0 Å². The van der Waals surface area contributed by atoms with Crippen molar-refractivity contribution in [1.29, 1.82) is 0 Å². The van der Waals surface area contributed by atoms with E-state index in [1.54, 1.807) is 27.1 Å². The maximum atomic E-state index is 13.5. The van der Waals surface area contributed by atoms with Gasteiger partial charge in [-0.2, -0.15) is 0 Å². The van der Waals surface area contributed by atoms with Crippen LogP contribution in [0.5, 0.6) is 0 Å². The van der Waals surface area contributed by atoms with Crippen molar-refractivity contribution < 1.29 is 14.0 Å². The van der Waals surface area contributed by atoms with Crippen molar-refractivity contribution in [2.24, 2.45) is 5.16 Å². The number of anilines is 1. The van der Waals surface area contributed by atoms with Crippen LogP contribution < -0.4 is 11.1 Å². The highest BCUT2D eigenvalue weighted by Gasteiger charge is 2.29. The summed E-state index contributed by atoms with van der Waals surface area (Å²) in [6.07, 6.45) is 0.503. The third-order valence-corrected chi connectivity index (χ3v) is 4.99. The molecule has 10 heteroatoms. The molecule has 1 aliphatic heterocycles. The van der Waals surface area contributed by atoms with Gasteiger partial charge in [-0.25, -0.2) is 14.4 Å². The van der Waals surface area contributed by atoms with Gasteiger partial charge in [-0.15, -0.1) is 0 Å². The van der Waals surface area contributed by atoms with E-state index in [-0.39, 0.29) is 30.3 Å². The Kier molecular flexibility index (Phi) is 5.78. The van der Waals surface area contributed by atoms with Crippen LogP contribution in [-0.2, 0) is 16.1 Å². The van der Waals surface area contributed by atoms with Gasteiger partial charge in [-0.1, -0.05) is 27.2 Å². The Labute approximate surface area is 170 Å². The molecule has 3 rings (SSSR count). The number of nitrogens with one attached hydrogen (secondary N) is 1. The molecule has 0 spiro atoms. The van der Waals surface area contributed by atoms with Crippen molar-refractivity contribution in [3.8, 4) is 0 Å². The Morgan fingerprint density at radius 2 is 2.21 bits per heavy atom. The van der Waals surface area contributed by atoms with Gasteiger partial charge in [0.1, 0.15) is 5.82 Å². The fourth-order valence-electron chi connectivity index (χ4n) is 2.92. The molecule has 0 aliphatic carbocycles. The minimum atomic E-state index is -0.339. The Bertz CT molecular complexity index is 950. The maximum absolute atomic E-state index is 13.5. The van der Waals surface area contributed by atoms with E-state index in [1.807, 2.05) is 0 Å². The highest BCUT2D eigenvalue weighted by molar-refractivity contribution is 9.10. The summed E-state index contributed by atoms with van der Waals surface area (Å²) in [5, 5.41) is 7.38. The number of fused-ring (bicyclic) bond motifs is 1. The molecule has 0 bridgehead atoms. The molecule has 8 nitrogen and oxygen atoms in total. The molecule has 28 heavy (non-hydrogen) atoms. The molecule has 0 unspecified atom stereocenters. The van der Waals surface area contributed by atoms with Crippen LogP contribution in [0.4, 0.5) is 10.3 Å². The standard InChI is InChI=1S/C18H20BrFN6O2/c1-9-16-14(24-18(21)22-9)7-13(11-5-4-10(20)6-12(11)19)23-17(16)25-28-8-15(27)26(2)3/h4-6,13H,7-8H2,1-3H3,(H,23,25)(H2,21,22,24)/t13-/m1/s1. The molecule has 0 saturated carbocycles. The number of amides is 1. The Morgan fingerprint density at radius 3 is 2.89 bits per heavy atom. The van der Waals surface area contributed by atoms with Gasteiger partial charge in [0.2, 0.25) is 5.95 Å². The van der Waals surface area contributed by atoms with Gasteiger partial charge < -0.3 is 20.8 Å². The number of carbonyl (C=O) groups excluding carboxylic acids is 1. The van der Waals surface area contributed by atoms with Gasteiger partial charge >= 0.3 is 0 Å². The first-order valence-corrected chi connectivity index (χ1v) is 9.30. The zero-order chi connectivity index (χ0) is 20.4. The number of nitrogens with two attached hydrogens (primary N) is 1. The molecule has 2 aromatic rings. The zero-order valence-corrected chi connectivity index (χ0v) is 17.2. The van der Waals surface area contributed by atoms with E-state index < -0.39 is 0 Å². The number of nitrogens with zero attached hydrogens (tertiary/aromatic N) is 4. The van der Waals surface area contributed by atoms with Gasteiger partial charge in [0.05, 0.1) is 23.0 Å². The molecule has 1 aromatic carbocycles. The van der Waals surface area contributed by atoms with E-state index >= 15 is 0 Å². The number of likely N-dealkylation sites (N-methyl/N-ethyl adjacent to an activating group) is 1. The van der Waals surface area contributed by atoms with Gasteiger partial charge in [-0.05, 0) is 24.6 Å². The first-order chi connectivity index (χ1) is 13.3. The smallest absolute Gasteiger partial charge is 0.262 e. The number of aromatic nitrogens is 2. The van der Waals surface area contributed by atoms with E-state index in [2.05, 4.69) is 36.4 Å². The first kappa shape index (κ1) is 20.0. The third-order valence-electron chi connectivity index (χ3n) is 4.31. The summed E-state index contributed by atoms with van der Waals surface area (Å²) in [7, 11) is 3.27. The molecule has 1 amide bonds. The van der Waals surface area contributed by atoms with Crippen molar-refractivity contribution in [1.82, 2.24) is 20.2 Å². The quantitative estimate of drug-likeness (QED) is 0.689. The molecule has 148 valence electrons. The summed E-state index contributed by atoms with van der Waals surface area (Å²) in [5.41, 5.74) is 8.67. The SMILES string of the molecule is Cc1nc(N)nc2c1/C(=N/OCC(=O)N(C)C)N[C@@H](c1ccc(F)cc1Br)C2. The lowest BCUT2D eigenvalue weighted by Crippen LogP contribution is -2.38. The average molecular weight is 451 g/mol. The number of carbonyl (C=O) groups is 1.